The van der Waals surface area contributed by atoms with Crippen LogP contribution in [0, 0.1) is 10.1 Å². The monoisotopic (exact) mass is 302 g/mol. The standard InChI is InChI=1S/C12H15ClN2O5/c1-8(12(16)14-5-6-19-2)20-9-3-4-11(15(17)18)10(13)7-9/h3-4,7-8H,5-6H2,1-2H3,(H,14,16). The molecular weight excluding hydrogens is 288 g/mol. The first-order valence-electron chi connectivity index (χ1n) is 5.83. The van der Waals surface area contributed by atoms with Crippen molar-refractivity contribution in [2.45, 2.75) is 13.0 Å². The summed E-state index contributed by atoms with van der Waals surface area (Å²) < 4.78 is 10.2. The van der Waals surface area contributed by atoms with Gasteiger partial charge in [0.25, 0.3) is 11.6 Å². The van der Waals surface area contributed by atoms with Gasteiger partial charge in [-0.3, -0.25) is 14.9 Å². The molecule has 0 saturated carbocycles. The van der Waals surface area contributed by atoms with Crippen molar-refractivity contribution in [1.29, 1.82) is 0 Å². The number of rotatable bonds is 7. The maximum absolute atomic E-state index is 11.6. The maximum Gasteiger partial charge on any atom is 0.288 e. The largest absolute Gasteiger partial charge is 0.481 e. The number of halogens is 1. The number of hydrogen-bond acceptors (Lipinski definition) is 5. The summed E-state index contributed by atoms with van der Waals surface area (Å²) >= 11 is 5.75. The van der Waals surface area contributed by atoms with Crippen LogP contribution in [0.5, 0.6) is 5.75 Å². The fourth-order valence-electron chi connectivity index (χ4n) is 1.39. The van der Waals surface area contributed by atoms with Crippen molar-refractivity contribution in [2.75, 3.05) is 20.3 Å². The fraction of sp³-hybridized carbons (Fsp3) is 0.417. The Balaban J connectivity index is 2.62. The van der Waals surface area contributed by atoms with Crippen molar-refractivity contribution >= 4 is 23.2 Å². The summed E-state index contributed by atoms with van der Waals surface area (Å²) in [6.45, 7) is 2.35. The van der Waals surface area contributed by atoms with E-state index in [0.29, 0.717) is 13.2 Å². The highest BCUT2D eigenvalue weighted by molar-refractivity contribution is 6.32. The predicted octanol–water partition coefficient (Wildman–Crippen LogP) is 1.78. The molecule has 0 aliphatic heterocycles. The van der Waals surface area contributed by atoms with Gasteiger partial charge in [-0.15, -0.1) is 0 Å². The summed E-state index contributed by atoms with van der Waals surface area (Å²) in [5, 5.41) is 13.2. The van der Waals surface area contributed by atoms with Crippen LogP contribution in [0.2, 0.25) is 5.02 Å². The highest BCUT2D eigenvalue weighted by Gasteiger charge is 2.17. The number of carbonyl (C=O) groups excluding carboxylic acids is 1. The molecule has 1 rings (SSSR count). The van der Waals surface area contributed by atoms with Gasteiger partial charge in [-0.2, -0.15) is 0 Å². The second-order valence-electron chi connectivity index (χ2n) is 3.91. The smallest absolute Gasteiger partial charge is 0.288 e. The number of carbonyl (C=O) groups is 1. The molecule has 0 aliphatic rings. The lowest BCUT2D eigenvalue weighted by atomic mass is 10.3. The molecule has 110 valence electrons. The molecule has 7 nitrogen and oxygen atoms in total. The zero-order chi connectivity index (χ0) is 15.1. The average molecular weight is 303 g/mol. The van der Waals surface area contributed by atoms with E-state index in [2.05, 4.69) is 5.32 Å². The lowest BCUT2D eigenvalue weighted by Crippen LogP contribution is -2.37. The molecule has 20 heavy (non-hydrogen) atoms. The van der Waals surface area contributed by atoms with Crippen molar-refractivity contribution in [3.63, 3.8) is 0 Å². The highest BCUT2D eigenvalue weighted by atomic mass is 35.5. The van der Waals surface area contributed by atoms with Gasteiger partial charge in [-0.05, 0) is 13.0 Å². The molecule has 0 saturated heterocycles. The van der Waals surface area contributed by atoms with Crippen LogP contribution in [0.25, 0.3) is 0 Å². The van der Waals surface area contributed by atoms with Crippen LogP contribution >= 0.6 is 11.6 Å². The van der Waals surface area contributed by atoms with Crippen LogP contribution in [0.15, 0.2) is 18.2 Å². The Morgan fingerprint density at radius 2 is 2.25 bits per heavy atom. The van der Waals surface area contributed by atoms with Crippen molar-refractivity contribution in [3.05, 3.63) is 33.3 Å². The minimum Gasteiger partial charge on any atom is -0.481 e. The van der Waals surface area contributed by atoms with Gasteiger partial charge in [0.1, 0.15) is 10.8 Å². The van der Waals surface area contributed by atoms with E-state index in [-0.39, 0.29) is 22.4 Å². The van der Waals surface area contributed by atoms with Crippen LogP contribution in [-0.4, -0.2) is 37.2 Å². The van der Waals surface area contributed by atoms with E-state index in [1.54, 1.807) is 6.92 Å². The van der Waals surface area contributed by atoms with Crippen LogP contribution in [0.3, 0.4) is 0 Å². The summed E-state index contributed by atoms with van der Waals surface area (Å²) in [4.78, 5) is 21.7. The number of amides is 1. The van der Waals surface area contributed by atoms with E-state index in [9.17, 15) is 14.9 Å². The number of nitro groups is 1. The van der Waals surface area contributed by atoms with Gasteiger partial charge in [0.2, 0.25) is 0 Å². The van der Waals surface area contributed by atoms with Crippen LogP contribution in [-0.2, 0) is 9.53 Å². The van der Waals surface area contributed by atoms with E-state index < -0.39 is 11.0 Å². The first-order chi connectivity index (χ1) is 9.45. The number of methoxy groups -OCH3 is 1. The highest BCUT2D eigenvalue weighted by Crippen LogP contribution is 2.28. The molecular formula is C12H15ClN2O5. The first kappa shape index (κ1) is 16.2. The van der Waals surface area contributed by atoms with Crippen molar-refractivity contribution in [2.24, 2.45) is 0 Å². The van der Waals surface area contributed by atoms with E-state index in [0.717, 1.165) is 0 Å². The topological polar surface area (TPSA) is 90.7 Å². The van der Waals surface area contributed by atoms with Gasteiger partial charge in [0, 0.05) is 25.8 Å². The summed E-state index contributed by atoms with van der Waals surface area (Å²) in [5.41, 5.74) is -0.212. The molecule has 1 aromatic carbocycles. The molecule has 0 radical (unpaired) electrons. The lowest BCUT2D eigenvalue weighted by Gasteiger charge is -2.14. The third kappa shape index (κ3) is 4.67. The third-order valence-corrected chi connectivity index (χ3v) is 2.71. The number of nitrogens with zero attached hydrogens (tertiary/aromatic N) is 1. The number of ether oxygens (including phenoxy) is 2. The lowest BCUT2D eigenvalue weighted by molar-refractivity contribution is -0.384. The first-order valence-corrected chi connectivity index (χ1v) is 6.20. The zero-order valence-electron chi connectivity index (χ0n) is 11.1. The van der Waals surface area contributed by atoms with E-state index in [4.69, 9.17) is 21.1 Å². The van der Waals surface area contributed by atoms with Gasteiger partial charge in [0.15, 0.2) is 6.10 Å². The SMILES string of the molecule is COCCNC(=O)C(C)Oc1ccc([N+](=O)[O-])c(Cl)c1. The summed E-state index contributed by atoms with van der Waals surface area (Å²) in [7, 11) is 1.53. The van der Waals surface area contributed by atoms with Crippen LogP contribution < -0.4 is 10.1 Å². The van der Waals surface area contributed by atoms with E-state index in [1.165, 1.54) is 25.3 Å². The molecule has 8 heteroatoms. The van der Waals surface area contributed by atoms with Crippen LogP contribution in [0.4, 0.5) is 5.69 Å². The van der Waals surface area contributed by atoms with Gasteiger partial charge < -0.3 is 14.8 Å². The predicted molar refractivity (Wildman–Crippen MR) is 73.1 cm³/mol. The summed E-state index contributed by atoms with van der Waals surface area (Å²) in [6, 6.07) is 3.93. The number of nitrogens with one attached hydrogen (secondary N) is 1. The maximum atomic E-state index is 11.6. The quantitative estimate of drug-likeness (QED) is 0.471. The minimum atomic E-state index is -0.746. The van der Waals surface area contributed by atoms with Crippen molar-refractivity contribution in [3.8, 4) is 5.75 Å². The van der Waals surface area contributed by atoms with Crippen LogP contribution in [0.1, 0.15) is 6.92 Å². The number of hydrogen-bond donors (Lipinski definition) is 1. The molecule has 1 atom stereocenters. The second kappa shape index (κ2) is 7.66. The van der Waals surface area contributed by atoms with E-state index in [1.807, 2.05) is 0 Å². The Morgan fingerprint density at radius 3 is 2.80 bits per heavy atom. The molecule has 0 aliphatic carbocycles. The van der Waals surface area contributed by atoms with Gasteiger partial charge in [-0.25, -0.2) is 0 Å². The molecule has 0 aromatic heterocycles. The molecule has 0 heterocycles. The molecule has 0 bridgehead atoms. The molecule has 1 N–H and O–H groups in total. The molecule has 0 spiro atoms. The molecule has 1 amide bonds. The molecule has 0 fully saturated rings. The number of benzene rings is 1. The minimum absolute atomic E-state index is 0.0421. The van der Waals surface area contributed by atoms with Crippen molar-refractivity contribution in [1.82, 2.24) is 5.32 Å². The Kier molecular flexibility index (Phi) is 6.20. The fourth-order valence-corrected chi connectivity index (χ4v) is 1.63. The summed E-state index contributed by atoms with van der Waals surface area (Å²) in [6.07, 6.45) is -0.746. The third-order valence-electron chi connectivity index (χ3n) is 2.40. The van der Waals surface area contributed by atoms with Crippen molar-refractivity contribution < 1.29 is 19.2 Å². The van der Waals surface area contributed by atoms with E-state index >= 15 is 0 Å². The molecule has 1 unspecified atom stereocenters. The molecule has 1 aromatic rings. The summed E-state index contributed by atoms with van der Waals surface area (Å²) in [5.74, 6) is -0.0217. The van der Waals surface area contributed by atoms with Gasteiger partial charge in [-0.1, -0.05) is 11.6 Å². The number of nitro benzene ring substituents is 1. The zero-order valence-corrected chi connectivity index (χ0v) is 11.8. The Labute approximate surface area is 121 Å². The Morgan fingerprint density at radius 1 is 1.55 bits per heavy atom. The normalized spacial score (nSPS) is 11.8. The second-order valence-corrected chi connectivity index (χ2v) is 4.32. The Bertz CT molecular complexity index is 495. The van der Waals surface area contributed by atoms with Gasteiger partial charge in [0.05, 0.1) is 11.5 Å². The Hall–Kier alpha value is -1.86. The average Bonchev–Trinajstić information content (AvgIpc) is 2.38. The van der Waals surface area contributed by atoms with Gasteiger partial charge >= 0.3 is 0 Å².